The van der Waals surface area contributed by atoms with Crippen molar-refractivity contribution in [3.8, 4) is 0 Å². The molecular formula is C14H28. The fourth-order valence-corrected chi connectivity index (χ4v) is 3.41. The standard InChI is InChI=1S/C14H28/c1-10-8-14(6,7)9-12(11(10)2)13(3,4)5/h10-12H,8-9H2,1-7H3/t10-,11?,12?/m1/s1. The van der Waals surface area contributed by atoms with Gasteiger partial charge in [-0.15, -0.1) is 0 Å². The van der Waals surface area contributed by atoms with Crippen molar-refractivity contribution in [3.05, 3.63) is 0 Å². The Morgan fingerprint density at radius 2 is 1.50 bits per heavy atom. The third kappa shape index (κ3) is 2.52. The lowest BCUT2D eigenvalue weighted by Gasteiger charge is -2.49. The summed E-state index contributed by atoms with van der Waals surface area (Å²) in [7, 11) is 0. The van der Waals surface area contributed by atoms with Crippen molar-refractivity contribution in [1.29, 1.82) is 0 Å². The van der Waals surface area contributed by atoms with E-state index in [1.807, 2.05) is 0 Å². The molecule has 0 spiro atoms. The average Bonchev–Trinajstić information content (AvgIpc) is 1.93. The van der Waals surface area contributed by atoms with Crippen LogP contribution in [0, 0.1) is 28.6 Å². The van der Waals surface area contributed by atoms with Crippen LogP contribution in [0.5, 0.6) is 0 Å². The molecule has 0 bridgehead atoms. The molecule has 0 N–H and O–H groups in total. The molecule has 0 aliphatic heterocycles. The van der Waals surface area contributed by atoms with Crippen molar-refractivity contribution in [2.24, 2.45) is 28.6 Å². The predicted molar refractivity (Wildman–Crippen MR) is 64.3 cm³/mol. The second kappa shape index (κ2) is 3.54. The van der Waals surface area contributed by atoms with E-state index in [1.54, 1.807) is 0 Å². The topological polar surface area (TPSA) is 0 Å². The highest BCUT2D eigenvalue weighted by Gasteiger charge is 2.41. The van der Waals surface area contributed by atoms with Crippen LogP contribution < -0.4 is 0 Å². The molecule has 0 heteroatoms. The molecule has 0 aromatic heterocycles. The summed E-state index contributed by atoms with van der Waals surface area (Å²) in [5.74, 6) is 2.67. The van der Waals surface area contributed by atoms with Gasteiger partial charge in [0.1, 0.15) is 0 Å². The van der Waals surface area contributed by atoms with Gasteiger partial charge in [-0.2, -0.15) is 0 Å². The Balaban J connectivity index is 2.84. The number of rotatable bonds is 0. The molecule has 1 fully saturated rings. The Hall–Kier alpha value is 0. The van der Waals surface area contributed by atoms with E-state index in [4.69, 9.17) is 0 Å². The minimum atomic E-state index is 0.478. The van der Waals surface area contributed by atoms with Crippen molar-refractivity contribution in [3.63, 3.8) is 0 Å². The van der Waals surface area contributed by atoms with Crippen LogP contribution in [0.15, 0.2) is 0 Å². The summed E-state index contributed by atoms with van der Waals surface area (Å²) in [6.45, 7) is 17.0. The van der Waals surface area contributed by atoms with Gasteiger partial charge >= 0.3 is 0 Å². The van der Waals surface area contributed by atoms with E-state index in [0.717, 1.165) is 17.8 Å². The maximum absolute atomic E-state index is 2.45. The average molecular weight is 196 g/mol. The number of hydrogen-bond donors (Lipinski definition) is 0. The molecule has 1 rings (SSSR count). The van der Waals surface area contributed by atoms with Gasteiger partial charge < -0.3 is 0 Å². The molecule has 1 aliphatic carbocycles. The maximum atomic E-state index is 2.45. The SMILES string of the molecule is CC1C(C(C)(C)C)CC(C)(C)C[C@H]1C. The summed E-state index contributed by atoms with van der Waals surface area (Å²) in [5.41, 5.74) is 1.04. The van der Waals surface area contributed by atoms with Gasteiger partial charge in [-0.1, -0.05) is 48.5 Å². The molecule has 1 aliphatic rings. The first-order valence-corrected chi connectivity index (χ1v) is 6.13. The second-order valence-electron chi connectivity index (χ2n) is 7.38. The van der Waals surface area contributed by atoms with Crippen molar-refractivity contribution >= 4 is 0 Å². The van der Waals surface area contributed by atoms with Crippen LogP contribution in [0.4, 0.5) is 0 Å². The van der Waals surface area contributed by atoms with E-state index in [1.165, 1.54) is 12.8 Å². The predicted octanol–water partition coefficient (Wildman–Crippen LogP) is 4.74. The summed E-state index contributed by atoms with van der Waals surface area (Å²) in [6, 6.07) is 0. The van der Waals surface area contributed by atoms with Crippen LogP contribution in [-0.2, 0) is 0 Å². The van der Waals surface area contributed by atoms with Crippen molar-refractivity contribution in [2.45, 2.75) is 61.3 Å². The highest BCUT2D eigenvalue weighted by atomic mass is 14.5. The minimum absolute atomic E-state index is 0.478. The van der Waals surface area contributed by atoms with Crippen molar-refractivity contribution in [2.75, 3.05) is 0 Å². The molecule has 0 amide bonds. The van der Waals surface area contributed by atoms with Crippen LogP contribution in [0.25, 0.3) is 0 Å². The van der Waals surface area contributed by atoms with Gasteiger partial charge in [0.2, 0.25) is 0 Å². The Labute approximate surface area is 90.5 Å². The normalized spacial score (nSPS) is 38.4. The third-order valence-electron chi connectivity index (χ3n) is 4.29. The van der Waals surface area contributed by atoms with Crippen LogP contribution in [0.2, 0.25) is 0 Å². The summed E-state index contributed by atoms with van der Waals surface area (Å²) >= 11 is 0. The smallest absolute Gasteiger partial charge is 0.0332 e. The van der Waals surface area contributed by atoms with Crippen LogP contribution in [0.3, 0.4) is 0 Å². The lowest BCUT2D eigenvalue weighted by atomic mass is 9.57. The quantitative estimate of drug-likeness (QED) is 0.525. The van der Waals surface area contributed by atoms with E-state index in [-0.39, 0.29) is 0 Å². The summed E-state index contributed by atoms with van der Waals surface area (Å²) in [6.07, 6.45) is 2.81. The maximum Gasteiger partial charge on any atom is -0.0332 e. The molecule has 0 radical (unpaired) electrons. The Kier molecular flexibility index (Phi) is 3.05. The molecule has 84 valence electrons. The van der Waals surface area contributed by atoms with Gasteiger partial charge in [0.25, 0.3) is 0 Å². The molecule has 0 saturated heterocycles. The van der Waals surface area contributed by atoms with Gasteiger partial charge in [-0.05, 0) is 41.4 Å². The van der Waals surface area contributed by atoms with Gasteiger partial charge in [0.05, 0.1) is 0 Å². The Morgan fingerprint density at radius 3 is 1.93 bits per heavy atom. The lowest BCUT2D eigenvalue weighted by Crippen LogP contribution is -2.40. The molecule has 0 aromatic carbocycles. The fourth-order valence-electron chi connectivity index (χ4n) is 3.41. The molecule has 3 atom stereocenters. The number of hydrogen-bond acceptors (Lipinski definition) is 0. The fraction of sp³-hybridized carbons (Fsp3) is 1.00. The lowest BCUT2D eigenvalue weighted by molar-refractivity contribution is 0.0109. The highest BCUT2D eigenvalue weighted by Crippen LogP contribution is 2.50. The van der Waals surface area contributed by atoms with Gasteiger partial charge in [-0.3, -0.25) is 0 Å². The van der Waals surface area contributed by atoms with Crippen LogP contribution in [0.1, 0.15) is 61.3 Å². The van der Waals surface area contributed by atoms with E-state index in [2.05, 4.69) is 48.5 Å². The first-order chi connectivity index (χ1) is 6.13. The second-order valence-corrected chi connectivity index (χ2v) is 7.38. The van der Waals surface area contributed by atoms with Gasteiger partial charge in [-0.25, -0.2) is 0 Å². The van der Waals surface area contributed by atoms with Gasteiger partial charge in [0.15, 0.2) is 0 Å². The molecule has 2 unspecified atom stereocenters. The first kappa shape index (κ1) is 12.1. The van der Waals surface area contributed by atoms with Crippen LogP contribution in [-0.4, -0.2) is 0 Å². The van der Waals surface area contributed by atoms with Crippen LogP contribution >= 0.6 is 0 Å². The van der Waals surface area contributed by atoms with Crippen molar-refractivity contribution in [1.82, 2.24) is 0 Å². The first-order valence-electron chi connectivity index (χ1n) is 6.13. The largest absolute Gasteiger partial charge is 0.0622 e. The van der Waals surface area contributed by atoms with E-state index in [0.29, 0.717) is 10.8 Å². The zero-order valence-electron chi connectivity index (χ0n) is 11.1. The summed E-state index contributed by atoms with van der Waals surface area (Å²) < 4.78 is 0. The minimum Gasteiger partial charge on any atom is -0.0622 e. The highest BCUT2D eigenvalue weighted by molar-refractivity contribution is 4.91. The van der Waals surface area contributed by atoms with Crippen molar-refractivity contribution < 1.29 is 0 Å². The zero-order chi connectivity index (χ0) is 11.1. The monoisotopic (exact) mass is 196 g/mol. The molecule has 0 nitrogen and oxygen atoms in total. The molecule has 0 heterocycles. The summed E-state index contributed by atoms with van der Waals surface area (Å²) in [4.78, 5) is 0. The van der Waals surface area contributed by atoms with E-state index >= 15 is 0 Å². The Bertz CT molecular complexity index is 191. The molecule has 1 saturated carbocycles. The Morgan fingerprint density at radius 1 is 1.00 bits per heavy atom. The molecule has 0 aromatic rings. The molecule has 14 heavy (non-hydrogen) atoms. The zero-order valence-corrected chi connectivity index (χ0v) is 11.1. The van der Waals surface area contributed by atoms with Gasteiger partial charge in [0, 0.05) is 0 Å². The van der Waals surface area contributed by atoms with E-state index in [9.17, 15) is 0 Å². The summed E-state index contributed by atoms with van der Waals surface area (Å²) in [5, 5.41) is 0. The molecular weight excluding hydrogens is 168 g/mol. The van der Waals surface area contributed by atoms with E-state index < -0.39 is 0 Å². The third-order valence-corrected chi connectivity index (χ3v) is 4.29.